The van der Waals surface area contributed by atoms with Gasteiger partial charge in [0.05, 0.1) is 22.3 Å². The lowest BCUT2D eigenvalue weighted by Crippen LogP contribution is -2.23. The van der Waals surface area contributed by atoms with E-state index in [-0.39, 0.29) is 0 Å². The quantitative estimate of drug-likeness (QED) is 0.841. The van der Waals surface area contributed by atoms with Crippen molar-refractivity contribution in [2.45, 2.75) is 25.8 Å². The highest BCUT2D eigenvalue weighted by molar-refractivity contribution is 7.09. The lowest BCUT2D eigenvalue weighted by Gasteiger charge is -2.24. The summed E-state index contributed by atoms with van der Waals surface area (Å²) in [6.45, 7) is 3.04. The first-order valence-corrected chi connectivity index (χ1v) is 7.21. The van der Waals surface area contributed by atoms with Gasteiger partial charge in [0.2, 0.25) is 0 Å². The van der Waals surface area contributed by atoms with Crippen molar-refractivity contribution in [2.24, 2.45) is 0 Å². The summed E-state index contributed by atoms with van der Waals surface area (Å²) in [5, 5.41) is 12.1. The molecule has 0 N–H and O–H groups in total. The first kappa shape index (κ1) is 12.1. The van der Waals surface area contributed by atoms with Gasteiger partial charge in [0.15, 0.2) is 0 Å². The summed E-state index contributed by atoms with van der Waals surface area (Å²) in [6, 6.07) is 6.17. The van der Waals surface area contributed by atoms with Gasteiger partial charge in [0.25, 0.3) is 0 Å². The van der Waals surface area contributed by atoms with Crippen molar-refractivity contribution >= 4 is 17.2 Å². The SMILES string of the molecule is Cc1nc([C@H]2CCCN2c2ccc(C#N)cn2)cs1. The van der Waals surface area contributed by atoms with Crippen molar-refractivity contribution in [1.82, 2.24) is 9.97 Å². The Bertz CT molecular complexity index is 611. The number of nitrogens with zero attached hydrogens (tertiary/aromatic N) is 4. The van der Waals surface area contributed by atoms with Crippen LogP contribution in [0.3, 0.4) is 0 Å². The molecule has 96 valence electrons. The summed E-state index contributed by atoms with van der Waals surface area (Å²) >= 11 is 1.69. The van der Waals surface area contributed by atoms with Crippen molar-refractivity contribution in [3.63, 3.8) is 0 Å². The zero-order valence-electron chi connectivity index (χ0n) is 10.7. The van der Waals surface area contributed by atoms with Crippen LogP contribution in [0.5, 0.6) is 0 Å². The van der Waals surface area contributed by atoms with Crippen LogP contribution in [0.4, 0.5) is 5.82 Å². The van der Waals surface area contributed by atoms with Gasteiger partial charge in [-0.05, 0) is 31.9 Å². The topological polar surface area (TPSA) is 52.8 Å². The minimum atomic E-state index is 0.324. The zero-order valence-corrected chi connectivity index (χ0v) is 11.5. The smallest absolute Gasteiger partial charge is 0.129 e. The number of nitriles is 1. The van der Waals surface area contributed by atoms with Gasteiger partial charge in [0, 0.05) is 18.1 Å². The van der Waals surface area contributed by atoms with Crippen LogP contribution in [-0.2, 0) is 0 Å². The molecule has 1 aliphatic heterocycles. The van der Waals surface area contributed by atoms with Crippen molar-refractivity contribution in [1.29, 1.82) is 5.26 Å². The number of anilines is 1. The predicted molar refractivity (Wildman–Crippen MR) is 75.1 cm³/mol. The minimum absolute atomic E-state index is 0.324. The summed E-state index contributed by atoms with van der Waals surface area (Å²) < 4.78 is 0. The number of aromatic nitrogens is 2. The maximum atomic E-state index is 8.81. The van der Waals surface area contributed by atoms with Crippen LogP contribution >= 0.6 is 11.3 Å². The molecule has 0 amide bonds. The van der Waals surface area contributed by atoms with Crippen LogP contribution in [-0.4, -0.2) is 16.5 Å². The van der Waals surface area contributed by atoms with Crippen LogP contribution in [0, 0.1) is 18.3 Å². The molecule has 5 heteroatoms. The molecular weight excluding hydrogens is 256 g/mol. The van der Waals surface area contributed by atoms with E-state index in [2.05, 4.69) is 26.3 Å². The molecule has 0 unspecified atom stereocenters. The van der Waals surface area contributed by atoms with E-state index in [0.717, 1.165) is 35.9 Å². The van der Waals surface area contributed by atoms with Gasteiger partial charge in [0.1, 0.15) is 11.9 Å². The molecule has 3 rings (SSSR count). The van der Waals surface area contributed by atoms with Gasteiger partial charge >= 0.3 is 0 Å². The second-order valence-corrected chi connectivity index (χ2v) is 5.72. The summed E-state index contributed by atoms with van der Waals surface area (Å²) in [6.07, 6.45) is 3.91. The van der Waals surface area contributed by atoms with E-state index in [9.17, 15) is 0 Å². The molecule has 2 aromatic heterocycles. The summed E-state index contributed by atoms with van der Waals surface area (Å²) in [5.74, 6) is 0.937. The minimum Gasteiger partial charge on any atom is -0.348 e. The fraction of sp³-hybridized carbons (Fsp3) is 0.357. The molecule has 4 nitrogen and oxygen atoms in total. The summed E-state index contributed by atoms with van der Waals surface area (Å²) in [5.41, 5.74) is 1.75. The van der Waals surface area contributed by atoms with E-state index < -0.39 is 0 Å². The number of pyridine rings is 1. The molecule has 0 saturated carbocycles. The molecule has 19 heavy (non-hydrogen) atoms. The van der Waals surface area contributed by atoms with Crippen molar-refractivity contribution in [3.8, 4) is 6.07 Å². The third-order valence-electron chi connectivity index (χ3n) is 3.40. The Morgan fingerprint density at radius 2 is 2.37 bits per heavy atom. The number of hydrogen-bond acceptors (Lipinski definition) is 5. The van der Waals surface area contributed by atoms with E-state index >= 15 is 0 Å². The Kier molecular flexibility index (Phi) is 3.18. The number of aryl methyl sites for hydroxylation is 1. The Morgan fingerprint density at radius 1 is 1.47 bits per heavy atom. The third-order valence-corrected chi connectivity index (χ3v) is 4.19. The molecular formula is C14H14N4S. The lowest BCUT2D eigenvalue weighted by atomic mass is 10.1. The van der Waals surface area contributed by atoms with Crippen molar-refractivity contribution in [3.05, 3.63) is 40.0 Å². The second kappa shape index (κ2) is 4.98. The number of rotatable bonds is 2. The summed E-state index contributed by atoms with van der Waals surface area (Å²) in [4.78, 5) is 11.3. The second-order valence-electron chi connectivity index (χ2n) is 4.66. The normalized spacial score (nSPS) is 18.5. The Morgan fingerprint density at radius 3 is 3.00 bits per heavy atom. The monoisotopic (exact) mass is 270 g/mol. The van der Waals surface area contributed by atoms with Gasteiger partial charge < -0.3 is 4.90 Å². The van der Waals surface area contributed by atoms with E-state index in [1.807, 2.05) is 19.1 Å². The average molecular weight is 270 g/mol. The Labute approximate surface area is 116 Å². The van der Waals surface area contributed by atoms with Gasteiger partial charge in [-0.15, -0.1) is 11.3 Å². The third kappa shape index (κ3) is 2.32. The van der Waals surface area contributed by atoms with E-state index in [0.29, 0.717) is 11.6 Å². The van der Waals surface area contributed by atoms with E-state index in [1.54, 1.807) is 17.5 Å². The van der Waals surface area contributed by atoms with Gasteiger partial charge in [-0.25, -0.2) is 9.97 Å². The molecule has 0 aliphatic carbocycles. The van der Waals surface area contributed by atoms with Crippen LogP contribution in [0.15, 0.2) is 23.7 Å². The molecule has 3 heterocycles. The molecule has 1 atom stereocenters. The molecule has 1 aliphatic rings. The highest BCUT2D eigenvalue weighted by atomic mass is 32.1. The van der Waals surface area contributed by atoms with Crippen LogP contribution < -0.4 is 4.90 Å². The molecule has 1 fully saturated rings. The number of thiazole rings is 1. The first-order valence-electron chi connectivity index (χ1n) is 6.33. The molecule has 1 saturated heterocycles. The fourth-order valence-electron chi connectivity index (χ4n) is 2.50. The van der Waals surface area contributed by atoms with Gasteiger partial charge in [-0.3, -0.25) is 0 Å². The average Bonchev–Trinajstić information content (AvgIpc) is 3.07. The van der Waals surface area contributed by atoms with Gasteiger partial charge in [-0.2, -0.15) is 5.26 Å². The zero-order chi connectivity index (χ0) is 13.2. The molecule has 0 radical (unpaired) electrons. The first-order chi connectivity index (χ1) is 9.28. The van der Waals surface area contributed by atoms with E-state index in [1.165, 1.54) is 0 Å². The summed E-state index contributed by atoms with van der Waals surface area (Å²) in [7, 11) is 0. The highest BCUT2D eigenvalue weighted by Crippen LogP contribution is 2.35. The maximum absolute atomic E-state index is 8.81. The standard InChI is InChI=1S/C14H14N4S/c1-10-17-12(9-19-10)13-3-2-6-18(13)14-5-4-11(7-15)8-16-14/h4-5,8-9,13H,2-3,6H2,1H3/t13-/m1/s1. The van der Waals surface area contributed by atoms with Crippen LogP contribution in [0.25, 0.3) is 0 Å². The number of hydrogen-bond donors (Lipinski definition) is 0. The Hall–Kier alpha value is -1.93. The predicted octanol–water partition coefficient (Wildman–Crippen LogP) is 3.06. The Balaban J connectivity index is 1.88. The van der Waals surface area contributed by atoms with Crippen molar-refractivity contribution < 1.29 is 0 Å². The van der Waals surface area contributed by atoms with Gasteiger partial charge in [-0.1, -0.05) is 0 Å². The van der Waals surface area contributed by atoms with Crippen LogP contribution in [0.1, 0.15) is 35.1 Å². The van der Waals surface area contributed by atoms with Crippen LogP contribution in [0.2, 0.25) is 0 Å². The largest absolute Gasteiger partial charge is 0.348 e. The lowest BCUT2D eigenvalue weighted by molar-refractivity contribution is 0.691. The molecule has 0 spiro atoms. The molecule has 2 aromatic rings. The molecule has 0 aromatic carbocycles. The van der Waals surface area contributed by atoms with Crippen molar-refractivity contribution in [2.75, 3.05) is 11.4 Å². The highest BCUT2D eigenvalue weighted by Gasteiger charge is 2.28. The fourth-order valence-corrected chi connectivity index (χ4v) is 3.16. The van der Waals surface area contributed by atoms with E-state index in [4.69, 9.17) is 5.26 Å². The maximum Gasteiger partial charge on any atom is 0.129 e. The molecule has 0 bridgehead atoms.